The van der Waals surface area contributed by atoms with Crippen LogP contribution in [0.3, 0.4) is 0 Å². The second-order valence-electron chi connectivity index (χ2n) is 8.05. The zero-order chi connectivity index (χ0) is 22.2. The van der Waals surface area contributed by atoms with E-state index in [0.717, 1.165) is 15.8 Å². The van der Waals surface area contributed by atoms with Gasteiger partial charge in [-0.25, -0.2) is 0 Å². The molecule has 0 radical (unpaired) electrons. The van der Waals surface area contributed by atoms with Crippen molar-refractivity contribution in [3.8, 4) is 10.4 Å². The number of halogens is 1. The van der Waals surface area contributed by atoms with Gasteiger partial charge >= 0.3 is 0 Å². The molecule has 0 fully saturated rings. The van der Waals surface area contributed by atoms with Gasteiger partial charge in [0.2, 0.25) is 0 Å². The first-order valence-electron chi connectivity index (χ1n) is 10.9. The Morgan fingerprint density at radius 2 is 1.21 bits per heavy atom. The van der Waals surface area contributed by atoms with Crippen LogP contribution in [0.2, 0.25) is 0 Å². The van der Waals surface area contributed by atoms with Crippen molar-refractivity contribution >= 4 is 65.2 Å². The molecule has 0 spiro atoms. The normalized spacial score (nSPS) is 11.2. The van der Waals surface area contributed by atoms with Crippen molar-refractivity contribution in [2.45, 2.75) is 0 Å². The largest absolute Gasteiger partial charge is 0.302 e. The molecule has 0 aliphatic carbocycles. The summed E-state index contributed by atoms with van der Waals surface area (Å²) in [5.41, 5.74) is 3.56. The zero-order valence-corrected chi connectivity index (χ0v) is 20.2. The number of rotatable bonds is 4. The Bertz CT molecular complexity index is 1590. The summed E-state index contributed by atoms with van der Waals surface area (Å²) in [6, 6.07) is 43.4. The Kier molecular flexibility index (Phi) is 5.21. The second-order valence-corrected chi connectivity index (χ2v) is 10.0. The summed E-state index contributed by atoms with van der Waals surface area (Å²) in [5.74, 6) is 0. The summed E-state index contributed by atoms with van der Waals surface area (Å²) >= 11 is 5.39. The average molecular weight is 506 g/mol. The van der Waals surface area contributed by atoms with Gasteiger partial charge in [-0.1, -0.05) is 82.7 Å². The van der Waals surface area contributed by atoms with E-state index in [1.807, 2.05) is 11.3 Å². The van der Waals surface area contributed by atoms with Gasteiger partial charge in [-0.05, 0) is 81.7 Å². The molecule has 0 unspecified atom stereocenters. The Hall–Kier alpha value is -3.40. The van der Waals surface area contributed by atoms with Gasteiger partial charge in [0.1, 0.15) is 5.00 Å². The van der Waals surface area contributed by atoms with Gasteiger partial charge in [-0.15, -0.1) is 11.3 Å². The van der Waals surface area contributed by atoms with E-state index in [9.17, 15) is 0 Å². The van der Waals surface area contributed by atoms with Crippen LogP contribution in [-0.4, -0.2) is 0 Å². The lowest BCUT2D eigenvalue weighted by Crippen LogP contribution is -2.07. The van der Waals surface area contributed by atoms with Crippen LogP contribution >= 0.6 is 27.3 Å². The molecule has 0 amide bonds. The van der Waals surface area contributed by atoms with Crippen LogP contribution < -0.4 is 4.90 Å². The van der Waals surface area contributed by atoms with Crippen LogP contribution in [0.25, 0.3) is 32.0 Å². The highest BCUT2D eigenvalue weighted by Crippen LogP contribution is 2.42. The number of nitrogens with zero attached hydrogens (tertiary/aromatic N) is 1. The van der Waals surface area contributed by atoms with E-state index in [2.05, 4.69) is 142 Å². The predicted octanol–water partition coefficient (Wildman–Crippen LogP) is 9.95. The molecule has 6 rings (SSSR count). The smallest absolute Gasteiger partial charge is 0.101 e. The first-order valence-corrected chi connectivity index (χ1v) is 12.5. The minimum atomic E-state index is 1.11. The topological polar surface area (TPSA) is 3.24 Å². The molecule has 1 nitrogen and oxygen atoms in total. The van der Waals surface area contributed by atoms with E-state index in [4.69, 9.17) is 0 Å². The minimum Gasteiger partial charge on any atom is -0.302 e. The van der Waals surface area contributed by atoms with Crippen LogP contribution in [-0.2, 0) is 0 Å². The van der Waals surface area contributed by atoms with Crippen molar-refractivity contribution in [1.82, 2.24) is 0 Å². The van der Waals surface area contributed by atoms with Gasteiger partial charge in [-0.3, -0.25) is 0 Å². The third-order valence-corrected chi connectivity index (χ3v) is 7.52. The summed E-state index contributed by atoms with van der Waals surface area (Å²) in [7, 11) is 0. The van der Waals surface area contributed by atoms with Crippen LogP contribution in [0.1, 0.15) is 0 Å². The molecule has 6 aromatic rings. The maximum absolute atomic E-state index is 3.57. The van der Waals surface area contributed by atoms with Crippen molar-refractivity contribution in [2.75, 3.05) is 4.90 Å². The Balaban J connectivity index is 1.45. The summed E-state index contributed by atoms with van der Waals surface area (Å²) in [6.07, 6.45) is 0. The number of thiophene rings is 1. The molecule has 5 aromatic carbocycles. The van der Waals surface area contributed by atoms with Gasteiger partial charge in [0.05, 0.1) is 0 Å². The minimum absolute atomic E-state index is 1.11. The van der Waals surface area contributed by atoms with Gasteiger partial charge in [0.25, 0.3) is 0 Å². The fourth-order valence-corrected chi connectivity index (χ4v) is 5.69. The molecule has 1 heterocycles. The van der Waals surface area contributed by atoms with E-state index >= 15 is 0 Å². The molecule has 0 N–H and O–H groups in total. The van der Waals surface area contributed by atoms with E-state index in [1.54, 1.807) is 0 Å². The highest BCUT2D eigenvalue weighted by molar-refractivity contribution is 9.10. The van der Waals surface area contributed by atoms with Gasteiger partial charge in [0.15, 0.2) is 0 Å². The van der Waals surface area contributed by atoms with E-state index in [-0.39, 0.29) is 0 Å². The second kappa shape index (κ2) is 8.51. The Morgan fingerprint density at radius 3 is 2.09 bits per heavy atom. The maximum Gasteiger partial charge on any atom is 0.101 e. The monoisotopic (exact) mass is 505 g/mol. The van der Waals surface area contributed by atoms with Gasteiger partial charge in [-0.2, -0.15) is 0 Å². The summed E-state index contributed by atoms with van der Waals surface area (Å²) < 4.78 is 1.11. The lowest BCUT2D eigenvalue weighted by atomic mass is 10.1. The summed E-state index contributed by atoms with van der Waals surface area (Å²) in [4.78, 5) is 3.61. The first kappa shape index (κ1) is 20.2. The molecule has 1 aromatic heterocycles. The Labute approximate surface area is 205 Å². The van der Waals surface area contributed by atoms with E-state index < -0.39 is 0 Å². The van der Waals surface area contributed by atoms with Crippen molar-refractivity contribution < 1.29 is 0 Å². The standard InChI is InChI=1S/C30H20BrNS/c31-26-14-12-23-18-25(11-10-24(23)19-26)29-16-17-30(33-29)32(27-8-2-1-3-9-27)28-15-13-21-6-4-5-7-22(21)20-28/h1-20H. The zero-order valence-electron chi connectivity index (χ0n) is 17.8. The number of anilines is 3. The SMILES string of the molecule is Brc1ccc2cc(-c3ccc(N(c4ccccc4)c4ccc5ccccc5c4)s3)ccc2c1. The predicted molar refractivity (Wildman–Crippen MR) is 147 cm³/mol. The fraction of sp³-hybridized carbons (Fsp3) is 0. The molecule has 0 saturated carbocycles. The van der Waals surface area contributed by atoms with Crippen molar-refractivity contribution in [2.24, 2.45) is 0 Å². The average Bonchev–Trinajstić information content (AvgIpc) is 3.34. The quantitative estimate of drug-likeness (QED) is 0.230. The lowest BCUT2D eigenvalue weighted by molar-refractivity contribution is 1.32. The fourth-order valence-electron chi connectivity index (χ4n) is 4.27. The van der Waals surface area contributed by atoms with Crippen molar-refractivity contribution in [3.63, 3.8) is 0 Å². The number of benzene rings is 5. The third-order valence-electron chi connectivity index (χ3n) is 5.90. The number of fused-ring (bicyclic) bond motifs is 2. The van der Waals surface area contributed by atoms with Crippen LogP contribution in [0.4, 0.5) is 16.4 Å². The summed E-state index contributed by atoms with van der Waals surface area (Å²) in [6.45, 7) is 0. The molecular formula is C30H20BrNS. The highest BCUT2D eigenvalue weighted by Gasteiger charge is 2.15. The molecule has 0 saturated heterocycles. The van der Waals surface area contributed by atoms with Gasteiger partial charge < -0.3 is 4.90 Å². The summed E-state index contributed by atoms with van der Waals surface area (Å²) in [5, 5.41) is 6.19. The Morgan fingerprint density at radius 1 is 0.515 bits per heavy atom. The van der Waals surface area contributed by atoms with Crippen LogP contribution in [0.5, 0.6) is 0 Å². The molecule has 0 bridgehead atoms. The van der Waals surface area contributed by atoms with Crippen LogP contribution in [0.15, 0.2) is 126 Å². The van der Waals surface area contributed by atoms with Crippen molar-refractivity contribution in [1.29, 1.82) is 0 Å². The maximum atomic E-state index is 3.57. The van der Waals surface area contributed by atoms with Gasteiger partial charge in [0, 0.05) is 20.7 Å². The van der Waals surface area contributed by atoms with Crippen molar-refractivity contribution in [3.05, 3.63) is 126 Å². The molecular weight excluding hydrogens is 486 g/mol. The number of hydrogen-bond acceptors (Lipinski definition) is 2. The highest BCUT2D eigenvalue weighted by atomic mass is 79.9. The number of hydrogen-bond donors (Lipinski definition) is 0. The number of para-hydroxylation sites is 1. The molecule has 0 aliphatic rings. The molecule has 158 valence electrons. The third kappa shape index (κ3) is 3.95. The van der Waals surface area contributed by atoms with E-state index in [1.165, 1.54) is 37.0 Å². The molecule has 3 heteroatoms. The van der Waals surface area contributed by atoms with Crippen LogP contribution in [0, 0.1) is 0 Å². The van der Waals surface area contributed by atoms with E-state index in [0.29, 0.717) is 0 Å². The first-order chi connectivity index (χ1) is 16.2. The molecule has 0 aliphatic heterocycles. The molecule has 0 atom stereocenters. The lowest BCUT2D eigenvalue weighted by Gasteiger charge is -2.24. The molecule has 33 heavy (non-hydrogen) atoms.